The van der Waals surface area contributed by atoms with E-state index in [-0.39, 0.29) is 11.9 Å². The highest BCUT2D eigenvalue weighted by molar-refractivity contribution is 5.94. The third kappa shape index (κ3) is 5.36. The van der Waals surface area contributed by atoms with Crippen LogP contribution >= 0.6 is 0 Å². The van der Waals surface area contributed by atoms with Crippen molar-refractivity contribution in [2.45, 2.75) is 65.0 Å². The van der Waals surface area contributed by atoms with Crippen LogP contribution in [0.4, 0.5) is 0 Å². The van der Waals surface area contributed by atoms with Gasteiger partial charge in [-0.15, -0.1) is 0 Å². The second-order valence-corrected chi connectivity index (χ2v) is 11.7. The van der Waals surface area contributed by atoms with E-state index in [9.17, 15) is 14.7 Å². The van der Waals surface area contributed by atoms with Crippen molar-refractivity contribution in [3.8, 4) is 11.5 Å². The molecule has 214 valence electrons. The van der Waals surface area contributed by atoms with Gasteiger partial charge in [0.25, 0.3) is 0 Å². The van der Waals surface area contributed by atoms with Gasteiger partial charge in [0.05, 0.1) is 20.3 Å². The Labute approximate surface area is 237 Å². The molecule has 5 rings (SSSR count). The number of carboxylic acid groups (broad SMARTS) is 1. The molecule has 2 aromatic rings. The van der Waals surface area contributed by atoms with E-state index < -0.39 is 5.97 Å². The van der Waals surface area contributed by atoms with Crippen LogP contribution in [0, 0.1) is 25.7 Å². The number of aliphatic carboxylic acids is 1. The first-order valence-electron chi connectivity index (χ1n) is 14.5. The summed E-state index contributed by atoms with van der Waals surface area (Å²) in [6.07, 6.45) is 6.90. The number of benzene rings is 2. The third-order valence-electron chi connectivity index (χ3n) is 9.59. The van der Waals surface area contributed by atoms with Crippen molar-refractivity contribution in [3.05, 3.63) is 69.8 Å². The molecule has 3 aliphatic heterocycles. The Balaban J connectivity index is 1.51. The van der Waals surface area contributed by atoms with Crippen LogP contribution in [0.1, 0.15) is 71.7 Å². The molecule has 3 heterocycles. The highest BCUT2D eigenvalue weighted by Crippen LogP contribution is 2.48. The van der Waals surface area contributed by atoms with E-state index in [0.717, 1.165) is 56.0 Å². The van der Waals surface area contributed by atoms with Crippen LogP contribution in [-0.2, 0) is 22.4 Å². The zero-order valence-electron chi connectivity index (χ0n) is 24.4. The first-order valence-corrected chi connectivity index (χ1v) is 14.5. The lowest BCUT2D eigenvalue weighted by atomic mass is 9.72. The predicted molar refractivity (Wildman–Crippen MR) is 155 cm³/mol. The normalized spacial score (nSPS) is 24.3. The van der Waals surface area contributed by atoms with Crippen LogP contribution in [0.25, 0.3) is 0 Å². The molecule has 4 atom stereocenters. The number of carboxylic acids is 1. The van der Waals surface area contributed by atoms with Crippen LogP contribution in [-0.4, -0.2) is 60.6 Å². The zero-order chi connectivity index (χ0) is 28.6. The van der Waals surface area contributed by atoms with Gasteiger partial charge < -0.3 is 19.5 Å². The largest absolute Gasteiger partial charge is 0.493 e. The summed E-state index contributed by atoms with van der Waals surface area (Å²) in [5.74, 6) is 0.911. The van der Waals surface area contributed by atoms with Crippen molar-refractivity contribution in [1.29, 1.82) is 0 Å². The highest BCUT2D eigenvalue weighted by Gasteiger charge is 2.41. The molecule has 0 spiro atoms. The smallest absolute Gasteiger partial charge is 0.328 e. The number of nitrogens with zero attached hydrogens (tertiary/aromatic N) is 2. The minimum atomic E-state index is -1.12. The van der Waals surface area contributed by atoms with Crippen LogP contribution in [0.15, 0.2) is 36.4 Å². The van der Waals surface area contributed by atoms with E-state index in [1.807, 2.05) is 17.0 Å². The number of piperidine rings is 1. The number of ether oxygens (including phenoxy) is 2. The Bertz CT molecular complexity index is 1320. The zero-order valence-corrected chi connectivity index (χ0v) is 24.4. The van der Waals surface area contributed by atoms with Gasteiger partial charge in [-0.05, 0) is 96.9 Å². The summed E-state index contributed by atoms with van der Waals surface area (Å²) in [7, 11) is 3.27. The van der Waals surface area contributed by atoms with Gasteiger partial charge in [-0.25, -0.2) is 4.79 Å². The standard InChI is InChI=1S/C33H42N2O5/c1-6-22-19-34-11-9-23-13-20(2)21(3)14-26(23)28(34)15-25(22)16-29-27-18-31(40-5)30(39-4)17-24(27)10-12-35(29)32(36)7-8-33(37)38/h7-8,13-14,17-18,22,25,28-29H,6,9-12,15-16,19H2,1-5H3,(H,37,38)/b8-7-. The molecule has 0 aliphatic carbocycles. The van der Waals surface area contributed by atoms with Crippen molar-refractivity contribution >= 4 is 11.9 Å². The number of carbonyl (C=O) groups excluding carboxylic acids is 1. The third-order valence-corrected chi connectivity index (χ3v) is 9.59. The number of hydrogen-bond acceptors (Lipinski definition) is 5. The molecule has 0 aromatic heterocycles. The monoisotopic (exact) mass is 546 g/mol. The van der Waals surface area contributed by atoms with Gasteiger partial charge in [-0.3, -0.25) is 9.69 Å². The van der Waals surface area contributed by atoms with E-state index in [1.165, 1.54) is 28.3 Å². The average Bonchev–Trinajstić information content (AvgIpc) is 2.95. The van der Waals surface area contributed by atoms with Gasteiger partial charge in [0.1, 0.15) is 0 Å². The summed E-state index contributed by atoms with van der Waals surface area (Å²) in [6, 6.07) is 9.08. The second kappa shape index (κ2) is 11.7. The lowest BCUT2D eigenvalue weighted by Crippen LogP contribution is -2.47. The maximum absolute atomic E-state index is 13.4. The first kappa shape index (κ1) is 28.2. The Morgan fingerprint density at radius 2 is 1.60 bits per heavy atom. The van der Waals surface area contributed by atoms with Crippen LogP contribution in [0.5, 0.6) is 11.5 Å². The van der Waals surface area contributed by atoms with Gasteiger partial charge in [0.15, 0.2) is 11.5 Å². The maximum Gasteiger partial charge on any atom is 0.328 e. The van der Waals surface area contributed by atoms with E-state index in [0.29, 0.717) is 42.3 Å². The molecule has 1 amide bonds. The van der Waals surface area contributed by atoms with E-state index in [2.05, 4.69) is 37.8 Å². The number of methoxy groups -OCH3 is 2. The molecule has 2 aromatic carbocycles. The summed E-state index contributed by atoms with van der Waals surface area (Å²) in [6.45, 7) is 9.39. The van der Waals surface area contributed by atoms with Crippen molar-refractivity contribution in [2.75, 3.05) is 33.9 Å². The summed E-state index contributed by atoms with van der Waals surface area (Å²) < 4.78 is 11.2. The molecule has 4 unspecified atom stereocenters. The molecular weight excluding hydrogens is 504 g/mol. The molecule has 1 saturated heterocycles. The molecule has 40 heavy (non-hydrogen) atoms. The Morgan fingerprint density at radius 1 is 0.925 bits per heavy atom. The highest BCUT2D eigenvalue weighted by atomic mass is 16.5. The van der Waals surface area contributed by atoms with Crippen molar-refractivity contribution in [3.63, 3.8) is 0 Å². The van der Waals surface area contributed by atoms with E-state index in [4.69, 9.17) is 9.47 Å². The molecule has 0 saturated carbocycles. The van der Waals surface area contributed by atoms with Crippen LogP contribution < -0.4 is 9.47 Å². The number of amides is 1. The van der Waals surface area contributed by atoms with Gasteiger partial charge in [-0.2, -0.15) is 0 Å². The van der Waals surface area contributed by atoms with E-state index in [1.54, 1.807) is 14.2 Å². The first-order chi connectivity index (χ1) is 19.2. The van der Waals surface area contributed by atoms with Gasteiger partial charge in [-0.1, -0.05) is 25.5 Å². The average molecular weight is 547 g/mol. The molecule has 7 nitrogen and oxygen atoms in total. The van der Waals surface area contributed by atoms with Crippen molar-refractivity contribution in [2.24, 2.45) is 11.8 Å². The Morgan fingerprint density at radius 3 is 2.30 bits per heavy atom. The molecular formula is C33H42N2O5. The van der Waals surface area contributed by atoms with Gasteiger partial charge in [0.2, 0.25) is 5.91 Å². The number of rotatable bonds is 7. The van der Waals surface area contributed by atoms with E-state index >= 15 is 0 Å². The quantitative estimate of drug-likeness (QED) is 0.467. The number of aryl methyl sites for hydroxylation is 2. The van der Waals surface area contributed by atoms with Crippen molar-refractivity contribution in [1.82, 2.24) is 9.80 Å². The minimum Gasteiger partial charge on any atom is -0.493 e. The number of carbonyl (C=O) groups is 2. The van der Waals surface area contributed by atoms with Crippen LogP contribution in [0.3, 0.4) is 0 Å². The molecule has 0 bridgehead atoms. The summed E-state index contributed by atoms with van der Waals surface area (Å²) >= 11 is 0. The number of hydrogen-bond donors (Lipinski definition) is 1. The maximum atomic E-state index is 13.4. The summed E-state index contributed by atoms with van der Waals surface area (Å²) in [5.41, 5.74) is 7.90. The molecule has 7 heteroatoms. The molecule has 0 radical (unpaired) electrons. The fourth-order valence-electron chi connectivity index (χ4n) is 7.29. The fourth-order valence-corrected chi connectivity index (χ4v) is 7.29. The van der Waals surface area contributed by atoms with Gasteiger partial charge >= 0.3 is 5.97 Å². The Hall–Kier alpha value is -3.32. The SMILES string of the molecule is CCC1CN2CCc3cc(C)c(C)cc3C2CC1CC1c2cc(OC)c(OC)cc2CCN1C(=O)/C=C\C(=O)O. The second-order valence-electron chi connectivity index (χ2n) is 11.7. The Kier molecular flexibility index (Phi) is 8.22. The summed E-state index contributed by atoms with van der Waals surface area (Å²) in [5, 5.41) is 9.17. The minimum absolute atomic E-state index is 0.164. The van der Waals surface area contributed by atoms with Crippen LogP contribution in [0.2, 0.25) is 0 Å². The lowest BCUT2D eigenvalue weighted by molar-refractivity contribution is -0.133. The van der Waals surface area contributed by atoms with Gasteiger partial charge in [0, 0.05) is 37.8 Å². The number of fused-ring (bicyclic) bond motifs is 4. The van der Waals surface area contributed by atoms with Crippen molar-refractivity contribution < 1.29 is 24.2 Å². The molecule has 1 N–H and O–H groups in total. The predicted octanol–water partition coefficient (Wildman–Crippen LogP) is 5.42. The molecule has 1 fully saturated rings. The summed E-state index contributed by atoms with van der Waals surface area (Å²) in [4.78, 5) is 29.1. The molecule has 3 aliphatic rings. The lowest BCUT2D eigenvalue weighted by Gasteiger charge is -2.49. The topological polar surface area (TPSA) is 79.3 Å². The fraction of sp³-hybridized carbons (Fsp3) is 0.515.